The molecule has 4 aliphatic carbocycles. The molecule has 0 spiro atoms. The molecule has 4 saturated carbocycles. The van der Waals surface area contributed by atoms with E-state index in [2.05, 4.69) is 19.8 Å². The number of rotatable bonds is 4. The van der Waals surface area contributed by atoms with E-state index < -0.39 is 5.60 Å². The van der Waals surface area contributed by atoms with Crippen molar-refractivity contribution in [2.24, 2.45) is 34.5 Å². The average Bonchev–Trinajstić information content (AvgIpc) is 2.98. The van der Waals surface area contributed by atoms with Crippen LogP contribution in [0.1, 0.15) is 78.6 Å². The molecule has 4 fully saturated rings. The lowest BCUT2D eigenvalue weighted by atomic mass is 9.44. The van der Waals surface area contributed by atoms with Crippen LogP contribution in [0.15, 0.2) is 0 Å². The molecule has 0 bridgehead atoms. The van der Waals surface area contributed by atoms with Gasteiger partial charge in [0.25, 0.3) is 0 Å². The van der Waals surface area contributed by atoms with Gasteiger partial charge in [-0.15, -0.1) is 6.42 Å². The van der Waals surface area contributed by atoms with Crippen LogP contribution in [0.3, 0.4) is 0 Å². The van der Waals surface area contributed by atoms with E-state index >= 15 is 0 Å². The molecule has 29 heavy (non-hydrogen) atoms. The number of aldehydes is 1. The SMILES string of the molecule is C#C[C@]1(OC(C)=O)CCC2C3CC[C@H]4C[C@H](OCC=O)CC[C@]4(C)C3CC[C@@]21C. The molecular weight excluding hydrogens is 364 g/mol. The highest BCUT2D eigenvalue weighted by Crippen LogP contribution is 2.68. The predicted molar refractivity (Wildman–Crippen MR) is 111 cm³/mol. The van der Waals surface area contributed by atoms with Gasteiger partial charge >= 0.3 is 5.97 Å². The highest BCUT2D eigenvalue weighted by Gasteiger charge is 2.66. The molecule has 0 aromatic heterocycles. The first-order valence-electron chi connectivity index (χ1n) is 11.5. The van der Waals surface area contributed by atoms with Crippen molar-refractivity contribution in [2.75, 3.05) is 6.61 Å². The van der Waals surface area contributed by atoms with Crippen LogP contribution in [-0.4, -0.2) is 30.6 Å². The Morgan fingerprint density at radius 1 is 1.10 bits per heavy atom. The van der Waals surface area contributed by atoms with Crippen LogP contribution in [0.2, 0.25) is 0 Å². The van der Waals surface area contributed by atoms with E-state index in [9.17, 15) is 9.59 Å². The fourth-order valence-corrected chi connectivity index (χ4v) is 8.22. The lowest BCUT2D eigenvalue weighted by Gasteiger charge is -2.61. The number of terminal acetylenes is 1. The van der Waals surface area contributed by atoms with Gasteiger partial charge in [-0.05, 0) is 86.9 Å². The summed E-state index contributed by atoms with van der Waals surface area (Å²) in [6, 6.07) is 0. The van der Waals surface area contributed by atoms with Crippen LogP contribution in [0.4, 0.5) is 0 Å². The molecule has 0 amide bonds. The van der Waals surface area contributed by atoms with E-state index in [1.165, 1.54) is 32.6 Å². The summed E-state index contributed by atoms with van der Waals surface area (Å²) in [5.74, 6) is 5.31. The maximum absolute atomic E-state index is 11.9. The number of ether oxygens (including phenoxy) is 2. The zero-order valence-electron chi connectivity index (χ0n) is 18.2. The Balaban J connectivity index is 1.55. The van der Waals surface area contributed by atoms with Crippen molar-refractivity contribution in [3.63, 3.8) is 0 Å². The molecule has 0 saturated heterocycles. The number of carbonyl (C=O) groups is 2. The van der Waals surface area contributed by atoms with Crippen molar-refractivity contribution in [3.05, 3.63) is 0 Å². The maximum atomic E-state index is 11.9. The zero-order chi connectivity index (χ0) is 20.9. The number of fused-ring (bicyclic) bond motifs is 5. The summed E-state index contributed by atoms with van der Waals surface area (Å²) in [7, 11) is 0. The molecule has 0 heterocycles. The van der Waals surface area contributed by atoms with Crippen molar-refractivity contribution in [3.8, 4) is 12.3 Å². The Hall–Kier alpha value is -1.34. The fourth-order valence-electron chi connectivity index (χ4n) is 8.22. The highest BCUT2D eigenvalue weighted by atomic mass is 16.6. The predicted octanol–water partition coefficient (Wildman–Crippen LogP) is 4.55. The van der Waals surface area contributed by atoms with Gasteiger partial charge in [-0.1, -0.05) is 19.8 Å². The van der Waals surface area contributed by atoms with E-state index in [-0.39, 0.29) is 24.1 Å². The first kappa shape index (κ1) is 20.9. The summed E-state index contributed by atoms with van der Waals surface area (Å²) in [5.41, 5.74) is -0.483. The van der Waals surface area contributed by atoms with Crippen molar-refractivity contribution in [1.29, 1.82) is 0 Å². The first-order valence-corrected chi connectivity index (χ1v) is 11.5. The van der Waals surface area contributed by atoms with Crippen LogP contribution in [0.5, 0.6) is 0 Å². The van der Waals surface area contributed by atoms with Gasteiger partial charge in [-0.3, -0.25) is 4.79 Å². The minimum atomic E-state index is -0.730. The summed E-state index contributed by atoms with van der Waals surface area (Å²) in [6.45, 7) is 6.52. The van der Waals surface area contributed by atoms with E-state index in [1.54, 1.807) is 0 Å². The Kier molecular flexibility index (Phi) is 5.35. The lowest BCUT2D eigenvalue weighted by molar-refractivity contribution is -0.177. The molecule has 0 aromatic carbocycles. The van der Waals surface area contributed by atoms with Gasteiger partial charge in [0, 0.05) is 12.3 Å². The Bertz CT molecular complexity index is 710. The van der Waals surface area contributed by atoms with E-state index in [4.69, 9.17) is 15.9 Å². The summed E-state index contributed by atoms with van der Waals surface area (Å²) in [4.78, 5) is 22.5. The molecule has 0 radical (unpaired) electrons. The topological polar surface area (TPSA) is 52.6 Å². The first-order chi connectivity index (χ1) is 13.8. The molecule has 0 N–H and O–H groups in total. The van der Waals surface area contributed by atoms with E-state index in [0.29, 0.717) is 23.2 Å². The fraction of sp³-hybridized carbons (Fsp3) is 0.840. The molecular formula is C25H36O4. The Morgan fingerprint density at radius 3 is 2.55 bits per heavy atom. The number of carbonyl (C=O) groups excluding carboxylic acids is 2. The van der Waals surface area contributed by atoms with Crippen LogP contribution < -0.4 is 0 Å². The third-order valence-corrected chi connectivity index (χ3v) is 9.69. The largest absolute Gasteiger partial charge is 0.445 e. The molecule has 0 aromatic rings. The van der Waals surface area contributed by atoms with Crippen LogP contribution in [-0.2, 0) is 19.1 Å². The molecule has 4 rings (SSSR count). The number of hydrogen-bond acceptors (Lipinski definition) is 4. The molecule has 4 heteroatoms. The standard InChI is InChI=1S/C25H36O4/c1-5-25(29-17(2)27)13-10-22-20-7-6-18-16-19(28-15-14-26)8-11-23(18,3)21(20)9-12-24(22,25)4/h1,14,18-22H,6-13,15-16H2,2-4H3/t18-,19+,20?,21?,22?,23-,24-,25-/m0/s1. The summed E-state index contributed by atoms with van der Waals surface area (Å²) < 4.78 is 11.7. The van der Waals surface area contributed by atoms with Gasteiger partial charge in [-0.2, -0.15) is 0 Å². The number of hydrogen-bond donors (Lipinski definition) is 0. The van der Waals surface area contributed by atoms with Crippen molar-refractivity contribution in [2.45, 2.75) is 90.3 Å². The van der Waals surface area contributed by atoms with Gasteiger partial charge in [0.2, 0.25) is 0 Å². The summed E-state index contributed by atoms with van der Waals surface area (Å²) >= 11 is 0. The lowest BCUT2D eigenvalue weighted by Crippen LogP contribution is -2.57. The quantitative estimate of drug-likeness (QED) is 0.395. The number of esters is 1. The smallest absolute Gasteiger partial charge is 0.304 e. The van der Waals surface area contributed by atoms with Gasteiger partial charge in [-0.25, -0.2) is 0 Å². The Labute approximate surface area is 175 Å². The third kappa shape index (κ3) is 3.07. The molecule has 3 unspecified atom stereocenters. The minimum Gasteiger partial charge on any atom is -0.445 e. The zero-order valence-corrected chi connectivity index (χ0v) is 18.2. The van der Waals surface area contributed by atoms with Crippen LogP contribution >= 0.6 is 0 Å². The minimum absolute atomic E-state index is 0.109. The second-order valence-electron chi connectivity index (χ2n) is 10.6. The highest BCUT2D eigenvalue weighted by molar-refractivity contribution is 5.67. The van der Waals surface area contributed by atoms with Crippen LogP contribution in [0, 0.1) is 46.8 Å². The average molecular weight is 401 g/mol. The van der Waals surface area contributed by atoms with Crippen molar-refractivity contribution < 1.29 is 19.1 Å². The van der Waals surface area contributed by atoms with Crippen molar-refractivity contribution >= 4 is 12.3 Å². The molecule has 0 aliphatic heterocycles. The second-order valence-corrected chi connectivity index (χ2v) is 10.6. The Morgan fingerprint density at radius 2 is 1.86 bits per heavy atom. The normalized spacial score (nSPS) is 48.6. The third-order valence-electron chi connectivity index (χ3n) is 9.69. The maximum Gasteiger partial charge on any atom is 0.304 e. The van der Waals surface area contributed by atoms with Gasteiger partial charge in [0.1, 0.15) is 12.9 Å². The van der Waals surface area contributed by atoms with Gasteiger partial charge < -0.3 is 14.3 Å². The molecule has 4 nitrogen and oxygen atoms in total. The summed E-state index contributed by atoms with van der Waals surface area (Å²) in [6.07, 6.45) is 17.0. The summed E-state index contributed by atoms with van der Waals surface area (Å²) in [5, 5.41) is 0. The van der Waals surface area contributed by atoms with Crippen molar-refractivity contribution in [1.82, 2.24) is 0 Å². The van der Waals surface area contributed by atoms with Gasteiger partial charge in [0.05, 0.1) is 6.10 Å². The van der Waals surface area contributed by atoms with Crippen LogP contribution in [0.25, 0.3) is 0 Å². The second kappa shape index (κ2) is 7.41. The van der Waals surface area contributed by atoms with E-state index in [1.807, 2.05) is 0 Å². The van der Waals surface area contributed by atoms with Gasteiger partial charge in [0.15, 0.2) is 5.60 Å². The molecule has 4 aliphatic rings. The molecule has 8 atom stereocenters. The van der Waals surface area contributed by atoms with E-state index in [0.717, 1.165) is 44.3 Å². The molecule has 160 valence electrons. The monoisotopic (exact) mass is 400 g/mol.